The van der Waals surface area contributed by atoms with Gasteiger partial charge in [0.25, 0.3) is 5.91 Å². The van der Waals surface area contributed by atoms with Gasteiger partial charge in [0.15, 0.2) is 17.4 Å². The summed E-state index contributed by atoms with van der Waals surface area (Å²) < 4.78 is 12.7. The predicted octanol–water partition coefficient (Wildman–Crippen LogP) is 3.28. The van der Waals surface area contributed by atoms with Gasteiger partial charge in [0, 0.05) is 25.4 Å². The number of carbonyl (C=O) groups excluding carboxylic acids is 1. The van der Waals surface area contributed by atoms with E-state index < -0.39 is 0 Å². The number of ether oxygens (including phenoxy) is 2. The standard InChI is InChI=1S/C23H32N6O3S/c1-4-14-33-23-27-21(25-11-13-31-5-2)19-15-26-29(22(19)28-23)12-10-24-20(30)16-32-18-8-6-17(3)7-9-18/h6-9,15H,4-5,10-14,16H2,1-3H3,(H,24,30)(H,25,27,28). The molecule has 0 saturated heterocycles. The van der Waals surface area contributed by atoms with Gasteiger partial charge in [-0.3, -0.25) is 4.79 Å². The number of rotatable bonds is 14. The number of aromatic nitrogens is 4. The van der Waals surface area contributed by atoms with E-state index in [1.807, 2.05) is 38.1 Å². The summed E-state index contributed by atoms with van der Waals surface area (Å²) in [6.45, 7) is 8.92. The molecule has 0 bridgehead atoms. The van der Waals surface area contributed by atoms with E-state index in [1.54, 1.807) is 22.6 Å². The zero-order chi connectivity index (χ0) is 23.5. The van der Waals surface area contributed by atoms with Crippen LogP contribution < -0.4 is 15.4 Å². The number of benzene rings is 1. The zero-order valence-electron chi connectivity index (χ0n) is 19.5. The first-order chi connectivity index (χ1) is 16.1. The fraction of sp³-hybridized carbons (Fsp3) is 0.478. The van der Waals surface area contributed by atoms with Crippen LogP contribution in [0.2, 0.25) is 0 Å². The molecule has 9 nitrogen and oxygen atoms in total. The molecule has 10 heteroatoms. The Kier molecular flexibility index (Phi) is 9.77. The predicted molar refractivity (Wildman–Crippen MR) is 131 cm³/mol. The van der Waals surface area contributed by atoms with E-state index in [1.165, 1.54) is 0 Å². The summed E-state index contributed by atoms with van der Waals surface area (Å²) >= 11 is 1.62. The molecule has 178 valence electrons. The van der Waals surface area contributed by atoms with Crippen LogP contribution in [0.15, 0.2) is 35.6 Å². The molecule has 0 aliphatic rings. The lowest BCUT2D eigenvalue weighted by molar-refractivity contribution is -0.123. The van der Waals surface area contributed by atoms with Crippen molar-refractivity contribution in [3.63, 3.8) is 0 Å². The Balaban J connectivity index is 1.59. The molecule has 3 rings (SSSR count). The minimum Gasteiger partial charge on any atom is -0.484 e. The molecule has 1 aromatic carbocycles. The molecular formula is C23H32N6O3S. The highest BCUT2D eigenvalue weighted by molar-refractivity contribution is 7.99. The first kappa shape index (κ1) is 24.8. The van der Waals surface area contributed by atoms with E-state index in [0.717, 1.165) is 34.6 Å². The average molecular weight is 473 g/mol. The summed E-state index contributed by atoms with van der Waals surface area (Å²) in [5.41, 5.74) is 1.89. The summed E-state index contributed by atoms with van der Waals surface area (Å²) in [6, 6.07) is 7.61. The molecule has 0 saturated carbocycles. The van der Waals surface area contributed by atoms with Crippen molar-refractivity contribution in [2.45, 2.75) is 38.9 Å². The highest BCUT2D eigenvalue weighted by atomic mass is 32.2. The van der Waals surface area contributed by atoms with Gasteiger partial charge >= 0.3 is 0 Å². The van der Waals surface area contributed by atoms with Crippen molar-refractivity contribution < 1.29 is 14.3 Å². The van der Waals surface area contributed by atoms with E-state index in [0.29, 0.717) is 43.8 Å². The maximum Gasteiger partial charge on any atom is 0.258 e. The summed E-state index contributed by atoms with van der Waals surface area (Å²) in [5, 5.41) is 12.2. The maximum atomic E-state index is 12.2. The van der Waals surface area contributed by atoms with Crippen molar-refractivity contribution in [3.8, 4) is 5.75 Å². The molecule has 0 aliphatic carbocycles. The number of carbonyl (C=O) groups is 1. The first-order valence-corrected chi connectivity index (χ1v) is 12.2. The Labute approximate surface area is 198 Å². The van der Waals surface area contributed by atoms with E-state index >= 15 is 0 Å². The van der Waals surface area contributed by atoms with Crippen LogP contribution in [-0.4, -0.2) is 64.3 Å². The molecule has 0 radical (unpaired) electrons. The summed E-state index contributed by atoms with van der Waals surface area (Å²) in [4.78, 5) is 21.5. The lowest BCUT2D eigenvalue weighted by Gasteiger charge is -2.10. The normalized spacial score (nSPS) is 11.0. The SMILES string of the molecule is CCCSc1nc(NCCOCC)c2cnn(CCNC(=O)COc3ccc(C)cc3)c2n1. The fourth-order valence-corrected chi connectivity index (χ4v) is 3.71. The van der Waals surface area contributed by atoms with Crippen molar-refractivity contribution in [3.05, 3.63) is 36.0 Å². The lowest BCUT2D eigenvalue weighted by Crippen LogP contribution is -2.31. The number of thioether (sulfide) groups is 1. The molecule has 1 amide bonds. The molecule has 0 unspecified atom stereocenters. The quantitative estimate of drug-likeness (QED) is 0.209. The van der Waals surface area contributed by atoms with Crippen LogP contribution in [0.5, 0.6) is 5.75 Å². The minimum atomic E-state index is -0.181. The van der Waals surface area contributed by atoms with Gasteiger partial charge in [0.1, 0.15) is 11.6 Å². The number of amides is 1. The monoisotopic (exact) mass is 472 g/mol. The molecule has 33 heavy (non-hydrogen) atoms. The van der Waals surface area contributed by atoms with E-state index in [-0.39, 0.29) is 12.5 Å². The van der Waals surface area contributed by atoms with E-state index in [4.69, 9.17) is 14.5 Å². The summed E-state index contributed by atoms with van der Waals surface area (Å²) in [5.74, 6) is 2.18. The molecule has 0 atom stereocenters. The number of hydrogen-bond donors (Lipinski definition) is 2. The first-order valence-electron chi connectivity index (χ1n) is 11.2. The minimum absolute atomic E-state index is 0.0310. The van der Waals surface area contributed by atoms with Crippen LogP contribution in [0.25, 0.3) is 11.0 Å². The van der Waals surface area contributed by atoms with Crippen molar-refractivity contribution >= 4 is 34.5 Å². The van der Waals surface area contributed by atoms with Gasteiger partial charge < -0.3 is 20.1 Å². The Bertz CT molecular complexity index is 1020. The summed E-state index contributed by atoms with van der Waals surface area (Å²) in [6.07, 6.45) is 2.80. The number of nitrogens with one attached hydrogen (secondary N) is 2. The van der Waals surface area contributed by atoms with Gasteiger partial charge in [-0.15, -0.1) is 0 Å². The number of nitrogens with zero attached hydrogens (tertiary/aromatic N) is 4. The van der Waals surface area contributed by atoms with E-state index in [9.17, 15) is 4.79 Å². The second-order valence-electron chi connectivity index (χ2n) is 7.38. The highest BCUT2D eigenvalue weighted by Crippen LogP contribution is 2.24. The number of fused-ring (bicyclic) bond motifs is 1. The maximum absolute atomic E-state index is 12.2. The largest absolute Gasteiger partial charge is 0.484 e. The van der Waals surface area contributed by atoms with Crippen molar-refractivity contribution in [1.29, 1.82) is 0 Å². The van der Waals surface area contributed by atoms with Gasteiger partial charge in [-0.25, -0.2) is 14.6 Å². The van der Waals surface area contributed by atoms with Gasteiger partial charge in [-0.05, 0) is 32.4 Å². The van der Waals surface area contributed by atoms with Crippen LogP contribution in [0.1, 0.15) is 25.8 Å². The van der Waals surface area contributed by atoms with Crippen molar-refractivity contribution in [2.75, 3.05) is 44.0 Å². The van der Waals surface area contributed by atoms with Crippen LogP contribution in [0.3, 0.4) is 0 Å². The van der Waals surface area contributed by atoms with Crippen molar-refractivity contribution in [2.24, 2.45) is 0 Å². The van der Waals surface area contributed by atoms with Gasteiger partial charge in [0.05, 0.1) is 24.7 Å². The molecule has 2 aromatic heterocycles. The Morgan fingerprint density at radius 2 is 1.97 bits per heavy atom. The number of hydrogen-bond acceptors (Lipinski definition) is 8. The Hall–Kier alpha value is -2.85. The van der Waals surface area contributed by atoms with Gasteiger partial charge in [-0.2, -0.15) is 5.10 Å². The molecule has 2 N–H and O–H groups in total. The molecule has 0 aliphatic heterocycles. The van der Waals surface area contributed by atoms with Crippen LogP contribution in [0, 0.1) is 6.92 Å². The van der Waals surface area contributed by atoms with Crippen molar-refractivity contribution in [1.82, 2.24) is 25.1 Å². The Morgan fingerprint density at radius 3 is 2.73 bits per heavy atom. The smallest absolute Gasteiger partial charge is 0.258 e. The second-order valence-corrected chi connectivity index (χ2v) is 8.45. The third-order valence-electron chi connectivity index (χ3n) is 4.69. The fourth-order valence-electron chi connectivity index (χ4n) is 3.01. The zero-order valence-corrected chi connectivity index (χ0v) is 20.3. The molecule has 0 spiro atoms. The highest BCUT2D eigenvalue weighted by Gasteiger charge is 2.13. The second kappa shape index (κ2) is 13.0. The van der Waals surface area contributed by atoms with Gasteiger partial charge in [0.2, 0.25) is 0 Å². The lowest BCUT2D eigenvalue weighted by atomic mass is 10.2. The number of anilines is 1. The number of aryl methyl sites for hydroxylation is 1. The van der Waals surface area contributed by atoms with Crippen LogP contribution in [-0.2, 0) is 16.1 Å². The topological polar surface area (TPSA) is 103 Å². The Morgan fingerprint density at radius 1 is 1.15 bits per heavy atom. The molecule has 0 fully saturated rings. The third-order valence-corrected chi connectivity index (χ3v) is 5.74. The molecule has 3 aromatic rings. The average Bonchev–Trinajstić information content (AvgIpc) is 3.23. The van der Waals surface area contributed by atoms with Gasteiger partial charge in [-0.1, -0.05) is 36.4 Å². The molecular weight excluding hydrogens is 440 g/mol. The summed E-state index contributed by atoms with van der Waals surface area (Å²) in [7, 11) is 0. The molecule has 2 heterocycles. The van der Waals surface area contributed by atoms with Crippen LogP contribution in [0.4, 0.5) is 5.82 Å². The third kappa shape index (κ3) is 7.61. The van der Waals surface area contributed by atoms with Crippen LogP contribution >= 0.6 is 11.8 Å². The van der Waals surface area contributed by atoms with E-state index in [2.05, 4.69) is 27.6 Å².